The van der Waals surface area contributed by atoms with Crippen LogP contribution in [0.4, 0.5) is 0 Å². The van der Waals surface area contributed by atoms with E-state index < -0.39 is 0 Å². The fourth-order valence-electron chi connectivity index (χ4n) is 7.00. The first-order chi connectivity index (χ1) is 6.88. The molecule has 0 saturated heterocycles. The quantitative estimate of drug-likeness (QED) is 0.618. The van der Waals surface area contributed by atoms with Crippen LogP contribution in [0.25, 0.3) is 0 Å². The highest BCUT2D eigenvalue weighted by Crippen LogP contribution is 2.77. The average Bonchev–Trinajstić information content (AvgIpc) is 2.69. The van der Waals surface area contributed by atoms with Crippen molar-refractivity contribution >= 4 is 0 Å². The minimum absolute atomic E-state index is 0.132. The SMILES string of the molecule is OC1[C@H]2C3[C@@H]4CC[C@@H]5C([C@@H]14)[C@H]2CC[C@@H]35. The van der Waals surface area contributed by atoms with Gasteiger partial charge in [-0.2, -0.15) is 0 Å². The van der Waals surface area contributed by atoms with E-state index >= 15 is 0 Å². The van der Waals surface area contributed by atoms with Crippen molar-refractivity contribution in [3.63, 3.8) is 0 Å². The van der Waals surface area contributed by atoms with Gasteiger partial charge in [-0.1, -0.05) is 0 Å². The van der Waals surface area contributed by atoms with E-state index in [1.165, 1.54) is 25.7 Å². The van der Waals surface area contributed by atoms with Gasteiger partial charge in [0.15, 0.2) is 0 Å². The zero-order valence-electron chi connectivity index (χ0n) is 8.47. The molecule has 8 rings (SSSR count). The normalized spacial score (nSPS) is 76.5. The van der Waals surface area contributed by atoms with Crippen LogP contribution in [-0.2, 0) is 0 Å². The highest BCUT2D eigenvalue weighted by atomic mass is 16.3. The van der Waals surface area contributed by atoms with E-state index in [0.29, 0.717) is 0 Å². The molecule has 0 radical (unpaired) electrons. The number of rotatable bonds is 0. The molecule has 0 heterocycles. The van der Waals surface area contributed by atoms with Gasteiger partial charge in [-0.05, 0) is 73.0 Å². The summed E-state index contributed by atoms with van der Waals surface area (Å²) in [6.45, 7) is 0. The Morgan fingerprint density at radius 2 is 1.00 bits per heavy atom. The maximum atomic E-state index is 10.4. The van der Waals surface area contributed by atoms with Crippen LogP contribution in [-0.4, -0.2) is 11.2 Å². The van der Waals surface area contributed by atoms with Gasteiger partial charge >= 0.3 is 0 Å². The highest BCUT2D eigenvalue weighted by Gasteiger charge is 2.74. The fourth-order valence-corrected chi connectivity index (χ4v) is 7.00. The predicted octanol–water partition coefficient (Wildman–Crippen LogP) is 1.91. The summed E-state index contributed by atoms with van der Waals surface area (Å²) in [6.07, 6.45) is 6.10. The largest absolute Gasteiger partial charge is 0.393 e. The Morgan fingerprint density at radius 3 is 1.50 bits per heavy atom. The van der Waals surface area contributed by atoms with Gasteiger partial charge in [-0.15, -0.1) is 0 Å². The summed E-state index contributed by atoms with van der Waals surface area (Å²) < 4.78 is 0. The standard InChI is InChI=1S/C13H18O/c14-13-11-7-3-1-5-6-2-4-8(9(5)11)12(13)10(6)7/h5-14H,1-4H2/t5-,6+,7-,8+,9?,10?,11-,12+,13?. The monoisotopic (exact) mass is 190 g/mol. The highest BCUT2D eigenvalue weighted by molar-refractivity contribution is 5.22. The summed E-state index contributed by atoms with van der Waals surface area (Å²) >= 11 is 0. The van der Waals surface area contributed by atoms with Crippen LogP contribution in [0.2, 0.25) is 0 Å². The molecule has 3 unspecified atom stereocenters. The predicted molar refractivity (Wildman–Crippen MR) is 52.4 cm³/mol. The van der Waals surface area contributed by atoms with Gasteiger partial charge in [0.2, 0.25) is 0 Å². The molecule has 0 aromatic rings. The summed E-state index contributed by atoms with van der Waals surface area (Å²) in [4.78, 5) is 0. The lowest BCUT2D eigenvalue weighted by Crippen LogP contribution is -2.58. The number of hydrogen-bond acceptors (Lipinski definition) is 1. The lowest BCUT2D eigenvalue weighted by molar-refractivity contribution is -0.157. The molecule has 14 heavy (non-hydrogen) atoms. The first-order valence-electron chi connectivity index (χ1n) is 6.56. The molecular weight excluding hydrogens is 172 g/mol. The third-order valence-electron chi connectivity index (χ3n) is 6.86. The third kappa shape index (κ3) is 0.493. The third-order valence-corrected chi connectivity index (χ3v) is 6.86. The van der Waals surface area contributed by atoms with E-state index in [1.807, 2.05) is 0 Å². The molecule has 0 aromatic carbocycles. The minimum Gasteiger partial charge on any atom is -0.393 e. The Morgan fingerprint density at radius 1 is 0.571 bits per heavy atom. The van der Waals surface area contributed by atoms with Crippen LogP contribution in [0, 0.1) is 47.3 Å². The first-order valence-corrected chi connectivity index (χ1v) is 6.56. The molecule has 8 fully saturated rings. The molecule has 1 N–H and O–H groups in total. The summed E-state index contributed by atoms with van der Waals surface area (Å²) in [5, 5.41) is 10.4. The van der Waals surface area contributed by atoms with Gasteiger partial charge in [0.05, 0.1) is 6.10 Å². The van der Waals surface area contributed by atoms with E-state index in [1.54, 1.807) is 0 Å². The van der Waals surface area contributed by atoms with Crippen LogP contribution >= 0.6 is 0 Å². The van der Waals surface area contributed by atoms with Gasteiger partial charge in [-0.3, -0.25) is 0 Å². The second-order valence-electron chi connectivity index (χ2n) is 6.61. The summed E-state index contributed by atoms with van der Waals surface area (Å²) in [7, 11) is 0. The van der Waals surface area contributed by atoms with Crippen LogP contribution < -0.4 is 0 Å². The summed E-state index contributed by atoms with van der Waals surface area (Å²) in [5.74, 6) is 7.55. The zero-order chi connectivity index (χ0) is 9.02. The molecule has 0 spiro atoms. The molecule has 8 aliphatic carbocycles. The molecule has 0 aliphatic heterocycles. The Hall–Kier alpha value is -0.0400. The maximum absolute atomic E-state index is 10.4. The second kappa shape index (κ2) is 1.93. The van der Waals surface area contributed by atoms with Gasteiger partial charge < -0.3 is 5.11 Å². The van der Waals surface area contributed by atoms with Gasteiger partial charge in [0, 0.05) is 0 Å². The summed E-state index contributed by atoms with van der Waals surface area (Å²) in [6, 6.07) is 0. The number of aliphatic hydroxyl groups excluding tert-OH is 1. The van der Waals surface area contributed by atoms with E-state index in [4.69, 9.17) is 0 Å². The van der Waals surface area contributed by atoms with Crippen LogP contribution in [0.1, 0.15) is 25.7 Å². The maximum Gasteiger partial charge on any atom is 0.0607 e. The van der Waals surface area contributed by atoms with Crippen molar-refractivity contribution in [3.8, 4) is 0 Å². The smallest absolute Gasteiger partial charge is 0.0607 e. The Kier molecular flexibility index (Phi) is 1.00. The molecule has 8 aliphatic rings. The van der Waals surface area contributed by atoms with E-state index in [9.17, 15) is 5.11 Å². The molecule has 9 atom stereocenters. The molecule has 1 heteroatoms. The summed E-state index contributed by atoms with van der Waals surface area (Å²) in [5.41, 5.74) is 0. The van der Waals surface area contributed by atoms with Crippen molar-refractivity contribution < 1.29 is 5.11 Å². The Balaban J connectivity index is 1.78. The molecular formula is C13H18O. The Labute approximate surface area is 84.9 Å². The van der Waals surface area contributed by atoms with Gasteiger partial charge in [0.1, 0.15) is 0 Å². The van der Waals surface area contributed by atoms with E-state index in [2.05, 4.69) is 0 Å². The number of aliphatic hydroxyl groups is 1. The average molecular weight is 190 g/mol. The van der Waals surface area contributed by atoms with E-state index in [0.717, 1.165) is 47.3 Å². The molecule has 8 saturated carbocycles. The van der Waals surface area contributed by atoms with Crippen molar-refractivity contribution in [2.45, 2.75) is 31.8 Å². The van der Waals surface area contributed by atoms with E-state index in [-0.39, 0.29) is 6.10 Å². The molecule has 0 amide bonds. The first kappa shape index (κ1) is 7.27. The van der Waals surface area contributed by atoms with Gasteiger partial charge in [-0.25, -0.2) is 0 Å². The van der Waals surface area contributed by atoms with Crippen LogP contribution in [0.3, 0.4) is 0 Å². The molecule has 0 aromatic heterocycles. The Bertz CT molecular complexity index is 270. The van der Waals surface area contributed by atoms with Gasteiger partial charge in [0.25, 0.3) is 0 Å². The molecule has 76 valence electrons. The lowest BCUT2D eigenvalue weighted by atomic mass is 9.41. The van der Waals surface area contributed by atoms with Crippen molar-refractivity contribution in [1.82, 2.24) is 0 Å². The van der Waals surface area contributed by atoms with Crippen molar-refractivity contribution in [3.05, 3.63) is 0 Å². The second-order valence-corrected chi connectivity index (χ2v) is 6.61. The fraction of sp³-hybridized carbons (Fsp3) is 1.00. The van der Waals surface area contributed by atoms with Crippen LogP contribution in [0.15, 0.2) is 0 Å². The van der Waals surface area contributed by atoms with Crippen molar-refractivity contribution in [1.29, 1.82) is 0 Å². The zero-order valence-corrected chi connectivity index (χ0v) is 8.47. The molecule has 1 nitrogen and oxygen atoms in total. The number of fused-ring (bicyclic) bond motifs is 2. The molecule has 8 bridgehead atoms. The van der Waals surface area contributed by atoms with Crippen molar-refractivity contribution in [2.24, 2.45) is 47.3 Å². The minimum atomic E-state index is 0.132. The topological polar surface area (TPSA) is 20.2 Å². The van der Waals surface area contributed by atoms with Crippen LogP contribution in [0.5, 0.6) is 0 Å². The van der Waals surface area contributed by atoms with Crippen molar-refractivity contribution in [2.75, 3.05) is 0 Å². The lowest BCUT2D eigenvalue weighted by Gasteiger charge is -2.63. The number of hydrogen-bond donors (Lipinski definition) is 1.